The monoisotopic (exact) mass is 414 g/mol. The summed E-state index contributed by atoms with van der Waals surface area (Å²) in [6, 6.07) is 12.2. The Morgan fingerprint density at radius 2 is 2.00 bits per heavy atom. The van der Waals surface area contributed by atoms with Crippen molar-refractivity contribution in [3.63, 3.8) is 0 Å². The molecule has 1 fully saturated rings. The summed E-state index contributed by atoms with van der Waals surface area (Å²) in [5.41, 5.74) is 1.42. The van der Waals surface area contributed by atoms with Crippen LogP contribution in [0.2, 0.25) is 5.02 Å². The first-order valence-corrected chi connectivity index (χ1v) is 10.3. The quantitative estimate of drug-likeness (QED) is 0.762. The molecule has 1 aliphatic rings. The number of pyridine rings is 1. The summed E-state index contributed by atoms with van der Waals surface area (Å²) in [6.45, 7) is 6.43. The molecule has 0 aliphatic carbocycles. The van der Waals surface area contributed by atoms with Gasteiger partial charge in [-0.3, -0.25) is 19.5 Å². The van der Waals surface area contributed by atoms with Gasteiger partial charge in [0, 0.05) is 31.9 Å². The van der Waals surface area contributed by atoms with Crippen molar-refractivity contribution in [2.24, 2.45) is 5.92 Å². The van der Waals surface area contributed by atoms with E-state index in [0.29, 0.717) is 16.5 Å². The molecule has 3 atom stereocenters. The zero-order valence-corrected chi connectivity index (χ0v) is 17.5. The van der Waals surface area contributed by atoms with Gasteiger partial charge >= 0.3 is 0 Å². The van der Waals surface area contributed by atoms with Crippen LogP contribution in [0.3, 0.4) is 0 Å². The third-order valence-electron chi connectivity index (χ3n) is 5.29. The summed E-state index contributed by atoms with van der Waals surface area (Å²) >= 11 is 6.06. The Balaban J connectivity index is 1.49. The number of halogens is 1. The van der Waals surface area contributed by atoms with Crippen molar-refractivity contribution >= 4 is 23.4 Å². The fourth-order valence-electron chi connectivity index (χ4n) is 3.60. The van der Waals surface area contributed by atoms with E-state index in [1.165, 1.54) is 0 Å². The highest BCUT2D eigenvalue weighted by atomic mass is 35.5. The number of aromatic nitrogens is 1. The zero-order valence-electron chi connectivity index (χ0n) is 16.8. The summed E-state index contributed by atoms with van der Waals surface area (Å²) < 4.78 is 0. The first kappa shape index (κ1) is 21.3. The van der Waals surface area contributed by atoms with E-state index in [1.54, 1.807) is 31.2 Å². The fourth-order valence-corrected chi connectivity index (χ4v) is 3.83. The maximum atomic E-state index is 12.6. The molecule has 7 heteroatoms. The SMILES string of the molecule is CC(NC(=O)c1ccccc1Cl)C(=O)NC1CCN(Cc2ccccn2)CC1C. The van der Waals surface area contributed by atoms with Crippen LogP contribution in [0.5, 0.6) is 0 Å². The minimum Gasteiger partial charge on any atom is -0.351 e. The second-order valence-corrected chi connectivity index (χ2v) is 8.02. The third-order valence-corrected chi connectivity index (χ3v) is 5.62. The van der Waals surface area contributed by atoms with Gasteiger partial charge in [0.2, 0.25) is 5.91 Å². The molecule has 3 unspecified atom stereocenters. The summed E-state index contributed by atoms with van der Waals surface area (Å²) in [5, 5.41) is 6.19. The zero-order chi connectivity index (χ0) is 20.8. The van der Waals surface area contributed by atoms with Crippen molar-refractivity contribution in [1.82, 2.24) is 20.5 Å². The van der Waals surface area contributed by atoms with Crippen LogP contribution in [0, 0.1) is 5.92 Å². The van der Waals surface area contributed by atoms with Gasteiger partial charge < -0.3 is 10.6 Å². The van der Waals surface area contributed by atoms with Crippen molar-refractivity contribution in [1.29, 1.82) is 0 Å². The Morgan fingerprint density at radius 1 is 1.24 bits per heavy atom. The minimum absolute atomic E-state index is 0.0853. The van der Waals surface area contributed by atoms with Gasteiger partial charge in [-0.15, -0.1) is 0 Å². The van der Waals surface area contributed by atoms with Crippen molar-refractivity contribution in [2.75, 3.05) is 13.1 Å². The predicted molar refractivity (Wildman–Crippen MR) is 114 cm³/mol. The molecular formula is C22H27ClN4O2. The van der Waals surface area contributed by atoms with Gasteiger partial charge in [-0.1, -0.05) is 36.7 Å². The van der Waals surface area contributed by atoms with Gasteiger partial charge in [0.1, 0.15) is 6.04 Å². The van der Waals surface area contributed by atoms with Gasteiger partial charge in [-0.05, 0) is 43.5 Å². The number of hydrogen-bond acceptors (Lipinski definition) is 4. The van der Waals surface area contributed by atoms with Crippen molar-refractivity contribution in [3.05, 3.63) is 64.9 Å². The van der Waals surface area contributed by atoms with Crippen LogP contribution < -0.4 is 10.6 Å². The predicted octanol–water partition coefficient (Wildman–Crippen LogP) is 2.88. The van der Waals surface area contributed by atoms with E-state index in [9.17, 15) is 9.59 Å². The Morgan fingerprint density at radius 3 is 2.69 bits per heavy atom. The lowest BCUT2D eigenvalue weighted by atomic mass is 9.93. The summed E-state index contributed by atoms with van der Waals surface area (Å²) in [7, 11) is 0. The molecule has 0 bridgehead atoms. The molecule has 1 aromatic carbocycles. The second kappa shape index (κ2) is 9.85. The molecule has 0 radical (unpaired) electrons. The van der Waals surface area contributed by atoms with Crippen LogP contribution in [-0.4, -0.2) is 46.9 Å². The van der Waals surface area contributed by atoms with Crippen LogP contribution >= 0.6 is 11.6 Å². The van der Waals surface area contributed by atoms with Crippen molar-refractivity contribution < 1.29 is 9.59 Å². The molecule has 2 N–H and O–H groups in total. The molecule has 1 aliphatic heterocycles. The number of hydrogen-bond donors (Lipinski definition) is 2. The fraction of sp³-hybridized carbons (Fsp3) is 0.409. The van der Waals surface area contributed by atoms with Crippen LogP contribution in [0.1, 0.15) is 36.3 Å². The van der Waals surface area contributed by atoms with E-state index in [4.69, 9.17) is 11.6 Å². The van der Waals surface area contributed by atoms with E-state index in [2.05, 4.69) is 27.4 Å². The second-order valence-electron chi connectivity index (χ2n) is 7.61. The van der Waals surface area contributed by atoms with Gasteiger partial charge in [-0.25, -0.2) is 0 Å². The van der Waals surface area contributed by atoms with Crippen LogP contribution in [0.15, 0.2) is 48.7 Å². The van der Waals surface area contributed by atoms with Crippen molar-refractivity contribution in [3.8, 4) is 0 Å². The van der Waals surface area contributed by atoms with E-state index in [0.717, 1.165) is 31.7 Å². The van der Waals surface area contributed by atoms with Gasteiger partial charge in [-0.2, -0.15) is 0 Å². The molecule has 154 valence electrons. The molecule has 29 heavy (non-hydrogen) atoms. The Bertz CT molecular complexity index is 846. The summed E-state index contributed by atoms with van der Waals surface area (Å²) in [6.07, 6.45) is 2.68. The molecule has 0 saturated carbocycles. The van der Waals surface area contributed by atoms with E-state index >= 15 is 0 Å². The number of carbonyl (C=O) groups excluding carboxylic acids is 2. The Kier molecular flexibility index (Phi) is 7.23. The first-order chi connectivity index (χ1) is 13.9. The average Bonchev–Trinajstić information content (AvgIpc) is 2.71. The van der Waals surface area contributed by atoms with Crippen molar-refractivity contribution in [2.45, 2.75) is 38.9 Å². The van der Waals surface area contributed by atoms with Crippen LogP contribution in [-0.2, 0) is 11.3 Å². The maximum Gasteiger partial charge on any atom is 0.253 e. The van der Waals surface area contributed by atoms with Gasteiger partial charge in [0.15, 0.2) is 0 Å². The molecule has 6 nitrogen and oxygen atoms in total. The first-order valence-electron chi connectivity index (χ1n) is 9.92. The normalized spacial score (nSPS) is 20.7. The number of rotatable bonds is 6. The average molecular weight is 415 g/mol. The number of carbonyl (C=O) groups is 2. The van der Waals surface area contributed by atoms with E-state index in [1.807, 2.05) is 24.4 Å². The lowest BCUT2D eigenvalue weighted by molar-refractivity contribution is -0.124. The number of nitrogens with zero attached hydrogens (tertiary/aromatic N) is 2. The number of likely N-dealkylation sites (tertiary alicyclic amines) is 1. The van der Waals surface area contributed by atoms with Gasteiger partial charge in [0.05, 0.1) is 16.3 Å². The highest BCUT2D eigenvalue weighted by molar-refractivity contribution is 6.33. The molecule has 2 heterocycles. The molecule has 3 rings (SSSR count). The topological polar surface area (TPSA) is 74.3 Å². The molecule has 2 amide bonds. The molecule has 0 spiro atoms. The van der Waals surface area contributed by atoms with Crippen LogP contribution in [0.4, 0.5) is 0 Å². The Labute approximate surface area is 176 Å². The highest BCUT2D eigenvalue weighted by Gasteiger charge is 2.29. The molecule has 1 saturated heterocycles. The molecule has 2 aromatic rings. The minimum atomic E-state index is -0.641. The van der Waals surface area contributed by atoms with E-state index < -0.39 is 6.04 Å². The largest absolute Gasteiger partial charge is 0.351 e. The lowest BCUT2D eigenvalue weighted by Crippen LogP contribution is -2.54. The highest BCUT2D eigenvalue weighted by Crippen LogP contribution is 2.19. The lowest BCUT2D eigenvalue weighted by Gasteiger charge is -2.37. The third kappa shape index (κ3) is 5.78. The van der Waals surface area contributed by atoms with E-state index in [-0.39, 0.29) is 17.9 Å². The number of benzene rings is 1. The standard InChI is InChI=1S/C22H27ClN4O2/c1-15-13-27(14-17-7-5-6-11-24-17)12-10-20(15)26-21(28)16(2)25-22(29)18-8-3-4-9-19(18)23/h3-9,11,15-16,20H,10,12-14H2,1-2H3,(H,25,29)(H,26,28). The molecular weight excluding hydrogens is 388 g/mol. The maximum absolute atomic E-state index is 12.6. The summed E-state index contributed by atoms with van der Waals surface area (Å²) in [4.78, 5) is 31.7. The van der Waals surface area contributed by atoms with Crippen LogP contribution in [0.25, 0.3) is 0 Å². The van der Waals surface area contributed by atoms with Gasteiger partial charge in [0.25, 0.3) is 5.91 Å². The number of amides is 2. The number of nitrogens with one attached hydrogen (secondary N) is 2. The summed E-state index contributed by atoms with van der Waals surface area (Å²) in [5.74, 6) is -0.222. The number of piperidine rings is 1. The Hall–Kier alpha value is -2.44. The smallest absolute Gasteiger partial charge is 0.253 e. The molecule has 1 aromatic heterocycles.